The molecule has 3 rings (SSSR count). The Balaban J connectivity index is 0.000000127. The van der Waals surface area contributed by atoms with E-state index in [0.29, 0.717) is 19.4 Å². The highest BCUT2D eigenvalue weighted by Gasteiger charge is 2.15. The molecule has 0 atom stereocenters. The summed E-state index contributed by atoms with van der Waals surface area (Å²) in [6.07, 6.45) is 3.05. The van der Waals surface area contributed by atoms with Gasteiger partial charge in [-0.25, -0.2) is 0 Å². The predicted octanol–water partition coefficient (Wildman–Crippen LogP) is 1.23. The molecule has 1 aliphatic heterocycles. The fourth-order valence-electron chi connectivity index (χ4n) is 1.77. The number of rotatable bonds is 1. The SMILES string of the molecule is O=CN1CCCCC1=O.O=c1c2ccccc12. The van der Waals surface area contributed by atoms with E-state index in [-0.39, 0.29) is 11.3 Å². The molecule has 2 amide bonds. The molecule has 0 radical (unpaired) electrons. The molecular formula is C13H13NO3. The topological polar surface area (TPSA) is 54.5 Å². The van der Waals surface area contributed by atoms with Crippen LogP contribution in [0.15, 0.2) is 29.1 Å². The minimum atomic E-state index is -0.0312. The van der Waals surface area contributed by atoms with Crippen molar-refractivity contribution in [2.75, 3.05) is 6.54 Å². The summed E-state index contributed by atoms with van der Waals surface area (Å²) in [6.45, 7) is 0.613. The zero-order valence-corrected chi connectivity index (χ0v) is 9.39. The van der Waals surface area contributed by atoms with Gasteiger partial charge in [0.25, 0.3) is 0 Å². The Morgan fingerprint density at radius 3 is 2.12 bits per heavy atom. The van der Waals surface area contributed by atoms with Gasteiger partial charge in [0.2, 0.25) is 12.3 Å². The summed E-state index contributed by atoms with van der Waals surface area (Å²) < 4.78 is 0. The molecule has 17 heavy (non-hydrogen) atoms. The third-order valence-corrected chi connectivity index (χ3v) is 2.84. The Bertz CT molecular complexity index is 521. The Morgan fingerprint density at radius 2 is 1.71 bits per heavy atom. The number of amides is 2. The van der Waals surface area contributed by atoms with E-state index >= 15 is 0 Å². The molecule has 1 saturated heterocycles. The van der Waals surface area contributed by atoms with Crippen molar-refractivity contribution in [1.82, 2.24) is 4.90 Å². The summed E-state index contributed by atoms with van der Waals surface area (Å²) in [5, 5.41) is 1.79. The number of nitrogens with zero attached hydrogens (tertiary/aromatic N) is 1. The lowest BCUT2D eigenvalue weighted by Crippen LogP contribution is -2.33. The highest BCUT2D eigenvalue weighted by molar-refractivity contribution is 5.97. The van der Waals surface area contributed by atoms with Crippen LogP contribution in [-0.2, 0) is 9.59 Å². The zero-order chi connectivity index (χ0) is 12.3. The molecule has 1 heterocycles. The number of carbonyl (C=O) groups is 2. The monoisotopic (exact) mass is 231 g/mol. The van der Waals surface area contributed by atoms with E-state index in [1.165, 1.54) is 4.90 Å². The van der Waals surface area contributed by atoms with Crippen LogP contribution in [0.2, 0.25) is 0 Å². The van der Waals surface area contributed by atoms with Crippen LogP contribution in [0.4, 0.5) is 0 Å². The predicted molar refractivity (Wildman–Crippen MR) is 64.2 cm³/mol. The van der Waals surface area contributed by atoms with Crippen molar-refractivity contribution in [2.24, 2.45) is 0 Å². The van der Waals surface area contributed by atoms with Gasteiger partial charge in [-0.1, -0.05) is 24.3 Å². The van der Waals surface area contributed by atoms with Gasteiger partial charge in [0.05, 0.1) is 0 Å². The number of piperidine rings is 1. The Labute approximate surface area is 98.5 Å². The Hall–Kier alpha value is -1.97. The molecule has 0 aliphatic carbocycles. The smallest absolute Gasteiger partial charge is 0.228 e. The summed E-state index contributed by atoms with van der Waals surface area (Å²) in [5.41, 5.74) is 0.218. The average Bonchev–Trinajstić information content (AvgIpc) is 3.03. The molecule has 0 saturated carbocycles. The maximum absolute atomic E-state index is 10.7. The maximum Gasteiger partial charge on any atom is 0.228 e. The molecule has 0 bridgehead atoms. The zero-order valence-electron chi connectivity index (χ0n) is 9.39. The van der Waals surface area contributed by atoms with Crippen LogP contribution < -0.4 is 5.43 Å². The van der Waals surface area contributed by atoms with E-state index in [1.54, 1.807) is 0 Å². The minimum Gasteiger partial charge on any atom is -0.289 e. The molecule has 4 heteroatoms. The van der Waals surface area contributed by atoms with Gasteiger partial charge in [0.1, 0.15) is 0 Å². The fourth-order valence-corrected chi connectivity index (χ4v) is 1.77. The van der Waals surface area contributed by atoms with Crippen molar-refractivity contribution in [3.63, 3.8) is 0 Å². The van der Waals surface area contributed by atoms with E-state index in [2.05, 4.69) is 0 Å². The second kappa shape index (κ2) is 4.91. The fraction of sp³-hybridized carbons (Fsp3) is 0.308. The lowest BCUT2D eigenvalue weighted by Gasteiger charge is -2.19. The largest absolute Gasteiger partial charge is 0.289 e. The van der Waals surface area contributed by atoms with Crippen LogP contribution in [0.3, 0.4) is 0 Å². The Kier molecular flexibility index (Phi) is 3.32. The van der Waals surface area contributed by atoms with Gasteiger partial charge in [0, 0.05) is 23.7 Å². The molecule has 0 unspecified atom stereocenters. The number of hydrogen-bond acceptors (Lipinski definition) is 3. The van der Waals surface area contributed by atoms with Crippen LogP contribution in [0.5, 0.6) is 0 Å². The summed E-state index contributed by atoms with van der Waals surface area (Å²) >= 11 is 0. The first-order valence-electron chi connectivity index (χ1n) is 5.62. The highest BCUT2D eigenvalue weighted by atomic mass is 16.2. The van der Waals surface area contributed by atoms with E-state index in [1.807, 2.05) is 24.3 Å². The van der Waals surface area contributed by atoms with Gasteiger partial charge >= 0.3 is 0 Å². The molecule has 1 fully saturated rings. The number of fused-ring (bicyclic) bond motifs is 1. The molecule has 2 aromatic rings. The summed E-state index contributed by atoms with van der Waals surface area (Å²) in [5.74, 6) is -0.0312. The number of hydrogen-bond donors (Lipinski definition) is 0. The van der Waals surface area contributed by atoms with Gasteiger partial charge in [0.15, 0.2) is 5.43 Å². The van der Waals surface area contributed by atoms with Crippen molar-refractivity contribution in [2.45, 2.75) is 19.3 Å². The van der Waals surface area contributed by atoms with Crippen molar-refractivity contribution >= 4 is 23.1 Å². The third-order valence-electron chi connectivity index (χ3n) is 2.84. The summed E-state index contributed by atoms with van der Waals surface area (Å²) in [6, 6.07) is 7.45. The summed E-state index contributed by atoms with van der Waals surface area (Å²) in [7, 11) is 0. The average molecular weight is 231 g/mol. The van der Waals surface area contributed by atoms with Crippen molar-refractivity contribution in [1.29, 1.82) is 0 Å². The molecule has 1 aliphatic rings. The van der Waals surface area contributed by atoms with Crippen LogP contribution in [0.25, 0.3) is 10.8 Å². The number of carbonyl (C=O) groups excluding carboxylic acids is 2. The lowest BCUT2D eigenvalue weighted by atomic mass is 10.1. The first kappa shape index (κ1) is 11.5. The normalized spacial score (nSPS) is 15.8. The molecule has 2 aromatic carbocycles. The number of imide groups is 1. The van der Waals surface area contributed by atoms with Crippen molar-refractivity contribution in [3.05, 3.63) is 34.5 Å². The van der Waals surface area contributed by atoms with Gasteiger partial charge in [-0.3, -0.25) is 19.3 Å². The van der Waals surface area contributed by atoms with Crippen LogP contribution in [0.1, 0.15) is 19.3 Å². The quantitative estimate of drug-likeness (QED) is 0.694. The molecule has 0 aromatic heterocycles. The van der Waals surface area contributed by atoms with E-state index in [9.17, 15) is 14.4 Å². The van der Waals surface area contributed by atoms with Gasteiger partial charge in [-0.05, 0) is 12.8 Å². The molecule has 0 spiro atoms. The standard InChI is InChI=1S/C7H4O.C6H9NO2/c8-7-5-3-1-2-4-6(5)7;8-5-7-4-2-1-3-6(7)9/h1-4H;5H,1-4H2. The minimum absolute atomic E-state index is 0.0312. The molecule has 4 nitrogen and oxygen atoms in total. The van der Waals surface area contributed by atoms with E-state index < -0.39 is 0 Å². The van der Waals surface area contributed by atoms with Crippen molar-refractivity contribution in [3.8, 4) is 0 Å². The molecule has 0 N–H and O–H groups in total. The maximum atomic E-state index is 10.7. The highest BCUT2D eigenvalue weighted by Crippen LogP contribution is 2.11. The van der Waals surface area contributed by atoms with Crippen molar-refractivity contribution < 1.29 is 9.59 Å². The number of likely N-dealkylation sites (tertiary alicyclic amines) is 1. The van der Waals surface area contributed by atoms with Crippen LogP contribution >= 0.6 is 0 Å². The van der Waals surface area contributed by atoms with E-state index in [4.69, 9.17) is 0 Å². The first-order valence-corrected chi connectivity index (χ1v) is 5.62. The lowest BCUT2D eigenvalue weighted by molar-refractivity contribution is -0.139. The van der Waals surface area contributed by atoms with Gasteiger partial charge < -0.3 is 0 Å². The van der Waals surface area contributed by atoms with Crippen LogP contribution in [-0.4, -0.2) is 23.8 Å². The second-order valence-corrected chi connectivity index (χ2v) is 4.02. The first-order chi connectivity index (χ1) is 8.24. The van der Waals surface area contributed by atoms with Gasteiger partial charge in [-0.2, -0.15) is 0 Å². The van der Waals surface area contributed by atoms with Crippen LogP contribution in [0, 0.1) is 0 Å². The summed E-state index contributed by atoms with van der Waals surface area (Å²) in [4.78, 5) is 32.6. The number of benzene rings is 1. The molecule has 88 valence electrons. The second-order valence-electron chi connectivity index (χ2n) is 4.02. The van der Waals surface area contributed by atoms with E-state index in [0.717, 1.165) is 23.6 Å². The Morgan fingerprint density at radius 1 is 1.06 bits per heavy atom. The third kappa shape index (κ3) is 2.58. The van der Waals surface area contributed by atoms with Gasteiger partial charge in [-0.15, -0.1) is 0 Å². The molecular weight excluding hydrogens is 218 g/mol.